The van der Waals surface area contributed by atoms with Crippen LogP contribution in [-0.2, 0) is 9.47 Å². The zero-order valence-electron chi connectivity index (χ0n) is 26.8. The fourth-order valence-corrected chi connectivity index (χ4v) is 5.50. The maximum atomic E-state index is 13.6. The van der Waals surface area contributed by atoms with Crippen molar-refractivity contribution in [3.05, 3.63) is 48.2 Å². The van der Waals surface area contributed by atoms with Crippen molar-refractivity contribution in [1.82, 2.24) is 9.88 Å². The van der Waals surface area contributed by atoms with E-state index in [1.165, 1.54) is 0 Å². The van der Waals surface area contributed by atoms with Crippen molar-refractivity contribution < 1.29 is 23.7 Å². The number of carbonyl (C=O) groups excluding carboxylic acids is 1. The molecule has 1 N–H and O–H groups in total. The lowest BCUT2D eigenvalue weighted by Gasteiger charge is -2.28. The number of morpholine rings is 1. The predicted molar refractivity (Wildman–Crippen MR) is 181 cm³/mol. The fraction of sp³-hybridized carbons (Fsp3) is 0.515. The van der Waals surface area contributed by atoms with Gasteiger partial charge in [0.1, 0.15) is 17.2 Å². The Morgan fingerprint density at radius 2 is 1.77 bits per heavy atom. The second-order valence-corrected chi connectivity index (χ2v) is 11.4. The summed E-state index contributed by atoms with van der Waals surface area (Å²) in [6, 6.07) is 13.5. The highest BCUT2D eigenvalue weighted by molar-refractivity contribution is 7.98. The molecule has 44 heavy (non-hydrogen) atoms. The van der Waals surface area contributed by atoms with E-state index >= 15 is 0 Å². The molecule has 2 aliphatic heterocycles. The molecule has 240 valence electrons. The van der Waals surface area contributed by atoms with Crippen molar-refractivity contribution in [3.8, 4) is 11.5 Å². The van der Waals surface area contributed by atoms with Crippen LogP contribution in [0.5, 0.6) is 11.5 Å². The maximum absolute atomic E-state index is 13.6. The Bertz CT molecular complexity index is 1340. The number of thioether (sulfide) groups is 1. The molecular weight excluding hydrogens is 578 g/mol. The number of rotatable bonds is 11. The van der Waals surface area contributed by atoms with Gasteiger partial charge in [0.25, 0.3) is 5.91 Å². The van der Waals surface area contributed by atoms with Crippen LogP contribution in [-0.4, -0.2) is 108 Å². The number of methoxy groups -OCH3 is 1. The minimum absolute atomic E-state index is 0.0742. The van der Waals surface area contributed by atoms with E-state index in [2.05, 4.69) is 27.1 Å². The molecule has 0 radical (unpaired) electrons. The molecule has 0 aliphatic carbocycles. The quantitative estimate of drug-likeness (QED) is 0.226. The topological polar surface area (TPSA) is 88.6 Å². The SMILES string of the molecule is CC.COc1cc(N2CCCN(C)CC2)c2nc(C(=O)Nc3ccc(N4CCOCC4)cc3)cc(OCOCCSC)c2c1. The van der Waals surface area contributed by atoms with E-state index in [9.17, 15) is 4.79 Å². The van der Waals surface area contributed by atoms with Crippen LogP contribution in [0.3, 0.4) is 0 Å². The molecule has 0 bridgehead atoms. The number of benzene rings is 2. The Morgan fingerprint density at radius 1 is 1.00 bits per heavy atom. The first kappa shape index (κ1) is 33.6. The van der Waals surface area contributed by atoms with Gasteiger partial charge >= 0.3 is 0 Å². The number of aromatic nitrogens is 1. The lowest BCUT2D eigenvalue weighted by molar-refractivity contribution is 0.0247. The van der Waals surface area contributed by atoms with Gasteiger partial charge < -0.3 is 39.0 Å². The molecule has 11 heteroatoms. The van der Waals surface area contributed by atoms with Crippen LogP contribution < -0.4 is 24.6 Å². The number of nitrogens with zero attached hydrogens (tertiary/aromatic N) is 4. The van der Waals surface area contributed by atoms with Gasteiger partial charge in [0, 0.05) is 67.4 Å². The Kier molecular flexibility index (Phi) is 13.2. The van der Waals surface area contributed by atoms with Gasteiger partial charge in [0.15, 0.2) is 6.79 Å². The summed E-state index contributed by atoms with van der Waals surface area (Å²) in [4.78, 5) is 25.4. The van der Waals surface area contributed by atoms with E-state index in [0.717, 1.165) is 81.4 Å². The third-order valence-corrected chi connectivity index (χ3v) is 8.16. The first-order valence-electron chi connectivity index (χ1n) is 15.5. The van der Waals surface area contributed by atoms with E-state index in [0.29, 0.717) is 29.3 Å². The van der Waals surface area contributed by atoms with E-state index in [1.807, 2.05) is 56.5 Å². The third kappa shape index (κ3) is 8.90. The highest BCUT2D eigenvalue weighted by Crippen LogP contribution is 2.37. The second kappa shape index (κ2) is 17.3. The monoisotopic (exact) mass is 625 g/mol. The first-order valence-corrected chi connectivity index (χ1v) is 16.8. The van der Waals surface area contributed by atoms with Crippen molar-refractivity contribution >= 4 is 45.6 Å². The number of hydrogen-bond donors (Lipinski definition) is 1. The number of hydrogen-bond acceptors (Lipinski definition) is 10. The summed E-state index contributed by atoms with van der Waals surface area (Å²) < 4.78 is 23.0. The lowest BCUT2D eigenvalue weighted by Crippen LogP contribution is -2.36. The molecule has 0 saturated carbocycles. The van der Waals surface area contributed by atoms with Crippen molar-refractivity contribution in [2.24, 2.45) is 0 Å². The van der Waals surface area contributed by atoms with Gasteiger partial charge in [-0.25, -0.2) is 4.98 Å². The number of amides is 1. The Labute approximate surface area is 266 Å². The third-order valence-electron chi connectivity index (χ3n) is 7.59. The van der Waals surface area contributed by atoms with Crippen LogP contribution >= 0.6 is 11.8 Å². The van der Waals surface area contributed by atoms with Gasteiger partial charge in [0.2, 0.25) is 0 Å². The molecule has 1 aromatic heterocycles. The van der Waals surface area contributed by atoms with Gasteiger partial charge in [-0.15, -0.1) is 0 Å². The largest absolute Gasteiger partial charge is 0.497 e. The summed E-state index contributed by atoms with van der Waals surface area (Å²) in [5, 5.41) is 3.80. The van der Waals surface area contributed by atoms with Crippen LogP contribution in [0.15, 0.2) is 42.5 Å². The highest BCUT2D eigenvalue weighted by atomic mass is 32.2. The van der Waals surface area contributed by atoms with Crippen molar-refractivity contribution in [1.29, 1.82) is 0 Å². The average Bonchev–Trinajstić information content (AvgIpc) is 3.29. The second-order valence-electron chi connectivity index (χ2n) is 10.5. The summed E-state index contributed by atoms with van der Waals surface area (Å²) >= 11 is 1.71. The number of nitrogens with one attached hydrogen (secondary N) is 1. The lowest BCUT2D eigenvalue weighted by atomic mass is 10.1. The summed E-state index contributed by atoms with van der Waals surface area (Å²) in [7, 11) is 3.80. The Hall–Kier alpha value is -3.25. The van der Waals surface area contributed by atoms with Crippen LogP contribution in [0, 0.1) is 0 Å². The number of likely N-dealkylation sites (N-methyl/N-ethyl adjacent to an activating group) is 1. The van der Waals surface area contributed by atoms with Crippen molar-refractivity contribution in [3.63, 3.8) is 0 Å². The molecule has 2 aliphatic rings. The van der Waals surface area contributed by atoms with Crippen LogP contribution in [0.25, 0.3) is 10.9 Å². The Balaban J connectivity index is 0.00000216. The zero-order chi connectivity index (χ0) is 31.3. The normalized spacial score (nSPS) is 15.8. The molecule has 2 fully saturated rings. The van der Waals surface area contributed by atoms with E-state index in [1.54, 1.807) is 24.9 Å². The summed E-state index contributed by atoms with van der Waals surface area (Å²) in [6.45, 7) is 11.5. The zero-order valence-corrected chi connectivity index (χ0v) is 27.6. The van der Waals surface area contributed by atoms with E-state index in [-0.39, 0.29) is 18.4 Å². The molecule has 2 aromatic carbocycles. The molecule has 3 heterocycles. The van der Waals surface area contributed by atoms with Crippen molar-refractivity contribution in [2.45, 2.75) is 20.3 Å². The molecule has 3 aromatic rings. The molecule has 1 amide bonds. The molecule has 0 atom stereocenters. The van der Waals surface area contributed by atoms with Gasteiger partial charge in [-0.1, -0.05) is 13.8 Å². The van der Waals surface area contributed by atoms with Gasteiger partial charge in [-0.2, -0.15) is 11.8 Å². The standard InChI is InChI=1S/C31H41N5O5S.C2H6/c1-34-9-4-10-36(12-11-34)28-20-25(38-2)19-26-29(41-22-40-17-18-42-3)21-27(33-30(26)28)31(37)32-23-5-7-24(8-6-23)35-13-15-39-16-14-35;1-2/h5-8,19-21H,4,9-18,22H2,1-3H3,(H,32,37);1-2H3. The summed E-state index contributed by atoms with van der Waals surface area (Å²) in [5.74, 6) is 1.81. The summed E-state index contributed by atoms with van der Waals surface area (Å²) in [6.07, 6.45) is 3.07. The minimum atomic E-state index is -0.304. The number of carbonyl (C=O) groups is 1. The molecule has 10 nitrogen and oxygen atoms in total. The fourth-order valence-electron chi connectivity index (χ4n) is 5.21. The average molecular weight is 626 g/mol. The van der Waals surface area contributed by atoms with E-state index in [4.69, 9.17) is 23.9 Å². The number of anilines is 3. The smallest absolute Gasteiger partial charge is 0.274 e. The van der Waals surface area contributed by atoms with E-state index < -0.39 is 0 Å². The van der Waals surface area contributed by atoms with Crippen LogP contribution in [0.2, 0.25) is 0 Å². The maximum Gasteiger partial charge on any atom is 0.274 e. The van der Waals surface area contributed by atoms with Crippen LogP contribution in [0.4, 0.5) is 17.1 Å². The molecule has 0 unspecified atom stereocenters. The highest BCUT2D eigenvalue weighted by Gasteiger charge is 2.22. The Morgan fingerprint density at radius 3 is 2.50 bits per heavy atom. The van der Waals surface area contributed by atoms with Crippen molar-refractivity contribution in [2.75, 3.05) is 107 Å². The van der Waals surface area contributed by atoms with Crippen LogP contribution in [0.1, 0.15) is 30.8 Å². The van der Waals surface area contributed by atoms with Gasteiger partial charge in [-0.05, 0) is 56.6 Å². The number of fused-ring (bicyclic) bond motifs is 1. The minimum Gasteiger partial charge on any atom is -0.497 e. The first-order chi connectivity index (χ1) is 21.6. The number of ether oxygens (including phenoxy) is 4. The predicted octanol–water partition coefficient (Wildman–Crippen LogP) is 5.22. The molecule has 0 spiro atoms. The molecule has 5 rings (SSSR count). The summed E-state index contributed by atoms with van der Waals surface area (Å²) in [5.41, 5.74) is 3.72. The number of pyridine rings is 1. The molecule has 2 saturated heterocycles. The molecular formula is C33H47N5O5S. The van der Waals surface area contributed by atoms with Gasteiger partial charge in [0.05, 0.1) is 38.1 Å². The van der Waals surface area contributed by atoms with Gasteiger partial charge in [-0.3, -0.25) is 4.79 Å².